The minimum atomic E-state index is -1.45. The first-order chi connectivity index (χ1) is 11.0. The van der Waals surface area contributed by atoms with Gasteiger partial charge < -0.3 is 0 Å². The molecule has 0 aromatic heterocycles. The minimum absolute atomic E-state index is 1.37. The average molecular weight is 456 g/mol. The van der Waals surface area contributed by atoms with Crippen LogP contribution in [0.1, 0.15) is 111 Å². The van der Waals surface area contributed by atoms with Gasteiger partial charge in [-0.2, -0.15) is 0 Å². The molecule has 0 aliphatic rings. The van der Waals surface area contributed by atoms with Crippen molar-refractivity contribution in [1.82, 2.24) is 0 Å². The van der Waals surface area contributed by atoms with Crippen LogP contribution in [-0.2, 0) is 0 Å². The van der Waals surface area contributed by atoms with Crippen LogP contribution in [0.2, 0.25) is 0 Å². The molecule has 142 valence electrons. The maximum atomic E-state index is 3.08. The molecule has 0 bridgehead atoms. The van der Waals surface area contributed by atoms with Gasteiger partial charge >= 0.3 is 162 Å². The molecular weight excluding hydrogens is 410 g/mol. The van der Waals surface area contributed by atoms with Crippen molar-refractivity contribution in [2.24, 2.45) is 0 Å². The first-order valence-corrected chi connectivity index (χ1v) is 16.5. The standard InChI is InChI=1S/C21H46IP/c1-5-9-13-14-15-16-17-21-23(22,18-10-6-2,19-11-7-3)20-12-8-4/h5-21H2,1-4H3. The second kappa shape index (κ2) is 14.3. The summed E-state index contributed by atoms with van der Waals surface area (Å²) in [5, 5.41) is 0. The van der Waals surface area contributed by atoms with E-state index in [9.17, 15) is 0 Å². The van der Waals surface area contributed by atoms with E-state index in [-0.39, 0.29) is 0 Å². The number of rotatable bonds is 17. The molecule has 0 aliphatic heterocycles. The van der Waals surface area contributed by atoms with Gasteiger partial charge in [-0.3, -0.25) is 0 Å². The topological polar surface area (TPSA) is 0 Å². The molecule has 0 atom stereocenters. The van der Waals surface area contributed by atoms with Crippen LogP contribution < -0.4 is 0 Å². The Morgan fingerprint density at radius 2 is 0.739 bits per heavy atom. The van der Waals surface area contributed by atoms with Crippen molar-refractivity contribution in [3.05, 3.63) is 0 Å². The fourth-order valence-corrected chi connectivity index (χ4v) is 13.6. The van der Waals surface area contributed by atoms with Crippen molar-refractivity contribution in [2.75, 3.05) is 24.6 Å². The molecule has 0 saturated heterocycles. The van der Waals surface area contributed by atoms with Gasteiger partial charge in [0.05, 0.1) is 0 Å². The molecule has 0 aromatic carbocycles. The molecule has 0 saturated carbocycles. The van der Waals surface area contributed by atoms with Gasteiger partial charge in [-0.1, -0.05) is 0 Å². The van der Waals surface area contributed by atoms with Crippen LogP contribution in [0.25, 0.3) is 0 Å². The normalized spacial score (nSPS) is 13.9. The van der Waals surface area contributed by atoms with Crippen LogP contribution in [0.5, 0.6) is 0 Å². The molecule has 0 N–H and O–H groups in total. The van der Waals surface area contributed by atoms with E-state index >= 15 is 0 Å². The summed E-state index contributed by atoms with van der Waals surface area (Å²) >= 11 is 3.08. The van der Waals surface area contributed by atoms with E-state index in [2.05, 4.69) is 49.7 Å². The first kappa shape index (κ1) is 24.2. The zero-order valence-corrected chi connectivity index (χ0v) is 19.9. The second-order valence-corrected chi connectivity index (χ2v) is 21.5. The monoisotopic (exact) mass is 456 g/mol. The molecule has 0 unspecified atom stereocenters. The number of hydrogen-bond acceptors (Lipinski definition) is 0. The summed E-state index contributed by atoms with van der Waals surface area (Å²) in [6.07, 6.45) is 25.2. The van der Waals surface area contributed by atoms with E-state index in [4.69, 9.17) is 0 Å². The van der Waals surface area contributed by atoms with E-state index in [0.717, 1.165) is 0 Å². The van der Waals surface area contributed by atoms with Crippen molar-refractivity contribution >= 4 is 26.3 Å². The van der Waals surface area contributed by atoms with Gasteiger partial charge in [-0.15, -0.1) is 0 Å². The summed E-state index contributed by atoms with van der Waals surface area (Å²) in [4.78, 5) is 0. The van der Waals surface area contributed by atoms with Gasteiger partial charge in [0, 0.05) is 0 Å². The molecule has 2 heteroatoms. The molecule has 0 radical (unpaired) electrons. The molecule has 0 amide bonds. The Bertz CT molecular complexity index is 240. The van der Waals surface area contributed by atoms with Crippen molar-refractivity contribution in [1.29, 1.82) is 0 Å². The van der Waals surface area contributed by atoms with Gasteiger partial charge in [-0.25, -0.2) is 0 Å². The van der Waals surface area contributed by atoms with Gasteiger partial charge in [-0.05, 0) is 0 Å². The zero-order chi connectivity index (χ0) is 17.5. The van der Waals surface area contributed by atoms with Crippen molar-refractivity contribution in [2.45, 2.75) is 111 Å². The first-order valence-electron chi connectivity index (χ1n) is 10.8. The van der Waals surface area contributed by atoms with E-state index in [0.29, 0.717) is 0 Å². The molecule has 0 fully saturated rings. The second-order valence-electron chi connectivity index (χ2n) is 7.90. The molecule has 0 heterocycles. The summed E-state index contributed by atoms with van der Waals surface area (Å²) in [6.45, 7) is 9.45. The van der Waals surface area contributed by atoms with Crippen molar-refractivity contribution < 1.29 is 0 Å². The third-order valence-corrected chi connectivity index (χ3v) is 17.1. The number of hydrogen-bond donors (Lipinski definition) is 0. The molecule has 0 aromatic rings. The van der Waals surface area contributed by atoms with E-state index in [1.807, 2.05) is 0 Å². The Labute approximate surface area is 161 Å². The Balaban J connectivity index is 4.53. The van der Waals surface area contributed by atoms with Gasteiger partial charge in [0.15, 0.2) is 0 Å². The Morgan fingerprint density at radius 3 is 1.13 bits per heavy atom. The van der Waals surface area contributed by atoms with E-state index in [1.54, 1.807) is 24.6 Å². The fraction of sp³-hybridized carbons (Fsp3) is 1.00. The molecular formula is C21H46IP. The predicted molar refractivity (Wildman–Crippen MR) is 123 cm³/mol. The fourth-order valence-electron chi connectivity index (χ4n) is 3.79. The summed E-state index contributed by atoms with van der Waals surface area (Å²) in [5.41, 5.74) is 0. The van der Waals surface area contributed by atoms with Crippen LogP contribution in [0.4, 0.5) is 0 Å². The van der Waals surface area contributed by atoms with Gasteiger partial charge in [0.25, 0.3) is 0 Å². The summed E-state index contributed by atoms with van der Waals surface area (Å²) < 4.78 is -1.45. The predicted octanol–water partition coefficient (Wildman–Crippen LogP) is 9.04. The molecule has 0 spiro atoms. The summed E-state index contributed by atoms with van der Waals surface area (Å²) in [6, 6.07) is 0. The van der Waals surface area contributed by atoms with Crippen molar-refractivity contribution in [3.8, 4) is 0 Å². The third kappa shape index (κ3) is 11.4. The Hall–Kier alpha value is 1.16. The van der Waals surface area contributed by atoms with Gasteiger partial charge in [0.2, 0.25) is 0 Å². The molecule has 0 nitrogen and oxygen atoms in total. The molecule has 23 heavy (non-hydrogen) atoms. The zero-order valence-electron chi connectivity index (χ0n) is 16.8. The molecule has 0 rings (SSSR count). The van der Waals surface area contributed by atoms with Gasteiger partial charge in [0.1, 0.15) is 0 Å². The quantitative estimate of drug-likeness (QED) is 0.116. The Morgan fingerprint density at radius 1 is 0.435 bits per heavy atom. The van der Waals surface area contributed by atoms with Crippen LogP contribution >= 0.6 is 26.3 Å². The number of halogens is 1. The van der Waals surface area contributed by atoms with Crippen LogP contribution in [0, 0.1) is 0 Å². The van der Waals surface area contributed by atoms with Crippen molar-refractivity contribution in [3.63, 3.8) is 0 Å². The SMILES string of the molecule is CCCCCCCCCP(I)(CCCC)(CCCC)CCCC. The maximum absolute atomic E-state index is 3.08. The Kier molecular flexibility index (Phi) is 15.1. The summed E-state index contributed by atoms with van der Waals surface area (Å²) in [7, 11) is 0. The van der Waals surface area contributed by atoms with E-state index in [1.165, 1.54) is 83.5 Å². The van der Waals surface area contributed by atoms with Crippen LogP contribution in [0.15, 0.2) is 0 Å². The van der Waals surface area contributed by atoms with Crippen LogP contribution in [-0.4, -0.2) is 24.6 Å². The number of unbranched alkanes of at least 4 members (excludes halogenated alkanes) is 9. The third-order valence-electron chi connectivity index (χ3n) is 5.53. The molecule has 0 aliphatic carbocycles. The average Bonchev–Trinajstić information content (AvgIpc) is 2.56. The van der Waals surface area contributed by atoms with E-state index < -0.39 is 4.25 Å². The summed E-state index contributed by atoms with van der Waals surface area (Å²) in [5.74, 6) is 0. The van der Waals surface area contributed by atoms with Crippen LogP contribution in [0.3, 0.4) is 0 Å².